The van der Waals surface area contributed by atoms with Gasteiger partial charge in [0.15, 0.2) is 0 Å². The zero-order valence-electron chi connectivity index (χ0n) is 12.0. The highest BCUT2D eigenvalue weighted by Gasteiger charge is 2.28. The van der Waals surface area contributed by atoms with Gasteiger partial charge in [-0.05, 0) is 19.2 Å². The summed E-state index contributed by atoms with van der Waals surface area (Å²) in [6.45, 7) is 6.65. The van der Waals surface area contributed by atoms with E-state index in [0.29, 0.717) is 0 Å². The Hall–Kier alpha value is -1.26. The molecule has 0 bridgehead atoms. The van der Waals surface area contributed by atoms with E-state index >= 15 is 0 Å². The molecule has 0 aliphatic carbocycles. The molecule has 4 heteroatoms. The third-order valence-electron chi connectivity index (χ3n) is 3.75. The fourth-order valence-corrected chi connectivity index (χ4v) is 3.92. The Morgan fingerprint density at radius 3 is 2.75 bits per heavy atom. The lowest BCUT2D eigenvalue weighted by Gasteiger charge is -2.38. The molecule has 1 aromatic carbocycles. The molecule has 1 fully saturated rings. The lowest BCUT2D eigenvalue weighted by molar-refractivity contribution is 0.283. The molecule has 0 saturated carbocycles. The summed E-state index contributed by atoms with van der Waals surface area (Å²) in [5.41, 5.74) is 0.898. The Balaban J connectivity index is 2.08. The SMILES string of the molecule is CC1(C)CN(c2ncc(CO)c3ccccc23)CCS1. The van der Waals surface area contributed by atoms with E-state index in [-0.39, 0.29) is 11.4 Å². The minimum atomic E-state index is 0.0368. The van der Waals surface area contributed by atoms with Crippen molar-refractivity contribution in [3.63, 3.8) is 0 Å². The quantitative estimate of drug-likeness (QED) is 0.921. The molecule has 2 heterocycles. The van der Waals surface area contributed by atoms with E-state index in [1.807, 2.05) is 30.1 Å². The number of pyridine rings is 1. The Morgan fingerprint density at radius 2 is 2.05 bits per heavy atom. The van der Waals surface area contributed by atoms with Crippen molar-refractivity contribution >= 4 is 28.4 Å². The molecule has 20 heavy (non-hydrogen) atoms. The number of benzene rings is 1. The fraction of sp³-hybridized carbons (Fsp3) is 0.438. The number of rotatable bonds is 2. The Labute approximate surface area is 124 Å². The second-order valence-corrected chi connectivity index (χ2v) is 7.64. The highest BCUT2D eigenvalue weighted by Crippen LogP contribution is 2.34. The van der Waals surface area contributed by atoms with Crippen molar-refractivity contribution in [3.05, 3.63) is 36.0 Å². The summed E-state index contributed by atoms with van der Waals surface area (Å²) in [6.07, 6.45) is 1.81. The van der Waals surface area contributed by atoms with Gasteiger partial charge in [0.05, 0.1) is 6.61 Å². The first kappa shape index (κ1) is 13.7. The van der Waals surface area contributed by atoms with Gasteiger partial charge in [0.25, 0.3) is 0 Å². The Bertz CT molecular complexity index is 627. The van der Waals surface area contributed by atoms with Gasteiger partial charge in [0.2, 0.25) is 0 Å². The van der Waals surface area contributed by atoms with E-state index in [9.17, 15) is 5.11 Å². The molecule has 1 saturated heterocycles. The monoisotopic (exact) mass is 288 g/mol. The number of anilines is 1. The molecule has 0 spiro atoms. The lowest BCUT2D eigenvalue weighted by atomic mass is 10.1. The van der Waals surface area contributed by atoms with E-state index in [1.54, 1.807) is 0 Å². The van der Waals surface area contributed by atoms with E-state index in [1.165, 1.54) is 0 Å². The van der Waals surface area contributed by atoms with Crippen LogP contribution in [0.3, 0.4) is 0 Å². The van der Waals surface area contributed by atoms with Crippen LogP contribution in [0.2, 0.25) is 0 Å². The van der Waals surface area contributed by atoms with E-state index in [0.717, 1.165) is 41.0 Å². The maximum atomic E-state index is 9.46. The molecule has 0 atom stereocenters. The van der Waals surface area contributed by atoms with Crippen molar-refractivity contribution in [2.75, 3.05) is 23.7 Å². The molecule has 1 aliphatic rings. The standard InChI is InChI=1S/C16H20N2OS/c1-16(2)11-18(7-8-20-16)15-14-6-4-3-5-13(14)12(10-19)9-17-15/h3-6,9,19H,7-8,10-11H2,1-2H3. The first-order valence-electron chi connectivity index (χ1n) is 6.97. The van der Waals surface area contributed by atoms with Gasteiger partial charge in [-0.1, -0.05) is 24.3 Å². The molecule has 0 unspecified atom stereocenters. The number of aromatic nitrogens is 1. The number of aliphatic hydroxyl groups excluding tert-OH is 1. The number of fused-ring (bicyclic) bond motifs is 1. The van der Waals surface area contributed by atoms with Crippen molar-refractivity contribution in [2.45, 2.75) is 25.2 Å². The van der Waals surface area contributed by atoms with Gasteiger partial charge in [-0.15, -0.1) is 0 Å². The van der Waals surface area contributed by atoms with Crippen LogP contribution in [-0.4, -0.2) is 33.7 Å². The molecule has 2 aromatic rings. The molecule has 106 valence electrons. The van der Waals surface area contributed by atoms with Crippen LogP contribution < -0.4 is 4.90 Å². The largest absolute Gasteiger partial charge is 0.392 e. The predicted octanol–water partition coefficient (Wildman–Crippen LogP) is 3.06. The van der Waals surface area contributed by atoms with Crippen LogP contribution in [0.1, 0.15) is 19.4 Å². The Morgan fingerprint density at radius 1 is 1.30 bits per heavy atom. The van der Waals surface area contributed by atoms with Gasteiger partial charge >= 0.3 is 0 Å². The summed E-state index contributed by atoms with van der Waals surface area (Å²) < 4.78 is 0.261. The second-order valence-electron chi connectivity index (χ2n) is 5.84. The minimum absolute atomic E-state index is 0.0368. The van der Waals surface area contributed by atoms with E-state index < -0.39 is 0 Å². The predicted molar refractivity (Wildman–Crippen MR) is 86.4 cm³/mol. The van der Waals surface area contributed by atoms with E-state index in [2.05, 4.69) is 35.9 Å². The van der Waals surface area contributed by atoms with Crippen molar-refractivity contribution in [1.29, 1.82) is 0 Å². The number of aliphatic hydroxyl groups is 1. The van der Waals surface area contributed by atoms with Crippen LogP contribution >= 0.6 is 11.8 Å². The van der Waals surface area contributed by atoms with Crippen molar-refractivity contribution < 1.29 is 5.11 Å². The lowest BCUT2D eigenvalue weighted by Crippen LogP contribution is -2.43. The Kier molecular flexibility index (Phi) is 3.61. The molecule has 1 aliphatic heterocycles. The molecule has 1 N–H and O–H groups in total. The van der Waals surface area contributed by atoms with Crippen LogP contribution in [0, 0.1) is 0 Å². The van der Waals surface area contributed by atoms with Gasteiger partial charge in [-0.25, -0.2) is 4.98 Å². The van der Waals surface area contributed by atoms with Crippen LogP contribution in [0.25, 0.3) is 10.8 Å². The van der Waals surface area contributed by atoms with Gasteiger partial charge in [-0.2, -0.15) is 11.8 Å². The fourth-order valence-electron chi connectivity index (χ4n) is 2.81. The topological polar surface area (TPSA) is 36.4 Å². The molecular weight excluding hydrogens is 268 g/mol. The third kappa shape index (κ3) is 2.50. The first-order valence-corrected chi connectivity index (χ1v) is 7.96. The highest BCUT2D eigenvalue weighted by molar-refractivity contribution is 8.00. The molecule has 3 rings (SSSR count). The maximum Gasteiger partial charge on any atom is 0.136 e. The summed E-state index contributed by atoms with van der Waals surface area (Å²) in [5, 5.41) is 11.7. The van der Waals surface area contributed by atoms with Gasteiger partial charge in [-0.3, -0.25) is 0 Å². The average molecular weight is 288 g/mol. The summed E-state index contributed by atoms with van der Waals surface area (Å²) in [4.78, 5) is 7.00. The molecule has 1 aromatic heterocycles. The molecule has 0 amide bonds. The second kappa shape index (κ2) is 5.26. The highest BCUT2D eigenvalue weighted by atomic mass is 32.2. The van der Waals surface area contributed by atoms with Crippen LogP contribution in [0.4, 0.5) is 5.82 Å². The first-order chi connectivity index (χ1) is 9.61. The van der Waals surface area contributed by atoms with E-state index in [4.69, 9.17) is 0 Å². The van der Waals surface area contributed by atoms with Crippen LogP contribution in [0.5, 0.6) is 0 Å². The van der Waals surface area contributed by atoms with Gasteiger partial charge in [0, 0.05) is 40.7 Å². The number of thioether (sulfide) groups is 1. The summed E-state index contributed by atoms with van der Waals surface area (Å²) in [5.74, 6) is 2.18. The zero-order valence-corrected chi connectivity index (χ0v) is 12.8. The molecule has 3 nitrogen and oxygen atoms in total. The summed E-state index contributed by atoms with van der Waals surface area (Å²) in [7, 11) is 0. The van der Waals surface area contributed by atoms with Crippen molar-refractivity contribution in [2.24, 2.45) is 0 Å². The zero-order chi connectivity index (χ0) is 14.2. The maximum absolute atomic E-state index is 9.46. The van der Waals surface area contributed by atoms with Crippen LogP contribution in [0.15, 0.2) is 30.5 Å². The van der Waals surface area contributed by atoms with Crippen LogP contribution in [-0.2, 0) is 6.61 Å². The normalized spacial score (nSPS) is 18.4. The number of nitrogens with zero attached hydrogens (tertiary/aromatic N) is 2. The molecule has 0 radical (unpaired) electrons. The smallest absolute Gasteiger partial charge is 0.136 e. The van der Waals surface area contributed by atoms with Crippen molar-refractivity contribution in [3.8, 4) is 0 Å². The number of hydrogen-bond donors (Lipinski definition) is 1. The molecular formula is C16H20N2OS. The van der Waals surface area contributed by atoms with Gasteiger partial charge < -0.3 is 10.0 Å². The van der Waals surface area contributed by atoms with Crippen molar-refractivity contribution in [1.82, 2.24) is 4.98 Å². The minimum Gasteiger partial charge on any atom is -0.392 e. The van der Waals surface area contributed by atoms with Gasteiger partial charge in [0.1, 0.15) is 5.82 Å². The summed E-state index contributed by atoms with van der Waals surface area (Å²) in [6, 6.07) is 8.22. The summed E-state index contributed by atoms with van der Waals surface area (Å²) >= 11 is 2.02. The number of hydrogen-bond acceptors (Lipinski definition) is 4. The third-order valence-corrected chi connectivity index (χ3v) is 5.05. The average Bonchev–Trinajstić information content (AvgIpc) is 2.45.